The van der Waals surface area contributed by atoms with Crippen LogP contribution < -0.4 is 0 Å². The van der Waals surface area contributed by atoms with E-state index in [0.717, 1.165) is 25.0 Å². The molecule has 0 spiro atoms. The van der Waals surface area contributed by atoms with Crippen molar-refractivity contribution in [3.63, 3.8) is 0 Å². The van der Waals surface area contributed by atoms with Crippen molar-refractivity contribution in [2.24, 2.45) is 0 Å². The molecule has 1 aliphatic heterocycles. The van der Waals surface area contributed by atoms with Crippen LogP contribution in [0.4, 0.5) is 0 Å². The third kappa shape index (κ3) is 2.99. The molecule has 8 heteroatoms. The molecule has 5 atom stereocenters. The van der Waals surface area contributed by atoms with E-state index in [1.165, 1.54) is 4.68 Å². The summed E-state index contributed by atoms with van der Waals surface area (Å²) in [5.74, 6) is 0. The van der Waals surface area contributed by atoms with Gasteiger partial charge in [-0.25, -0.2) is 4.68 Å². The fourth-order valence-corrected chi connectivity index (χ4v) is 2.34. The van der Waals surface area contributed by atoms with Crippen molar-refractivity contribution >= 4 is 0 Å². The number of aliphatic hydroxyl groups excluding tert-OH is 4. The lowest BCUT2D eigenvalue weighted by Gasteiger charge is -2.39. The molecule has 1 aromatic rings. The summed E-state index contributed by atoms with van der Waals surface area (Å²) in [6.45, 7) is 1.67. The second-order valence-corrected chi connectivity index (χ2v) is 5.01. The van der Waals surface area contributed by atoms with Gasteiger partial charge in [-0.05, 0) is 12.8 Å². The summed E-state index contributed by atoms with van der Waals surface area (Å²) in [5.41, 5.74) is 0.774. The number of rotatable bonds is 5. The zero-order valence-electron chi connectivity index (χ0n) is 11.3. The minimum absolute atomic E-state index is 0.407. The average molecular weight is 287 g/mol. The molecule has 1 aromatic heterocycles. The number of hydrogen-bond donors (Lipinski definition) is 4. The first-order valence-electron chi connectivity index (χ1n) is 6.79. The minimum Gasteiger partial charge on any atom is -0.394 e. The maximum absolute atomic E-state index is 10.1. The summed E-state index contributed by atoms with van der Waals surface area (Å²) in [6, 6.07) is -0.790. The summed E-state index contributed by atoms with van der Waals surface area (Å²) >= 11 is 0. The Morgan fingerprint density at radius 2 is 2.05 bits per heavy atom. The summed E-state index contributed by atoms with van der Waals surface area (Å²) in [4.78, 5) is 0. The number of ether oxygens (including phenoxy) is 1. The zero-order chi connectivity index (χ0) is 14.7. The van der Waals surface area contributed by atoms with Crippen LogP contribution >= 0.6 is 0 Å². The Morgan fingerprint density at radius 1 is 1.30 bits per heavy atom. The number of unbranched alkanes of at least 4 members (excludes halogenated alkanes) is 1. The Kier molecular flexibility index (Phi) is 5.06. The molecule has 0 saturated carbocycles. The van der Waals surface area contributed by atoms with Gasteiger partial charge in [0.25, 0.3) is 0 Å². The minimum atomic E-state index is -1.53. The second kappa shape index (κ2) is 6.59. The van der Waals surface area contributed by atoms with E-state index < -0.39 is 37.3 Å². The monoisotopic (exact) mass is 287 g/mol. The van der Waals surface area contributed by atoms with Crippen molar-refractivity contribution in [3.05, 3.63) is 11.9 Å². The SMILES string of the molecule is CCCCc1cn([C@H]2[C@H](O)[C@@H](O)[C@@H](O)O[C@@H]2CO)nn1. The lowest BCUT2D eigenvalue weighted by atomic mass is 9.96. The van der Waals surface area contributed by atoms with E-state index in [2.05, 4.69) is 17.2 Å². The van der Waals surface area contributed by atoms with Crippen LogP contribution in [0, 0.1) is 0 Å². The molecular weight excluding hydrogens is 266 g/mol. The molecular formula is C12H21N3O5. The fraction of sp³-hybridized carbons (Fsp3) is 0.833. The predicted molar refractivity (Wildman–Crippen MR) is 67.7 cm³/mol. The van der Waals surface area contributed by atoms with Crippen molar-refractivity contribution < 1.29 is 25.2 Å². The molecule has 114 valence electrons. The molecule has 0 radical (unpaired) electrons. The Hall–Kier alpha value is -1.06. The van der Waals surface area contributed by atoms with Crippen molar-refractivity contribution in [2.75, 3.05) is 6.61 Å². The highest BCUT2D eigenvalue weighted by Crippen LogP contribution is 2.28. The zero-order valence-corrected chi connectivity index (χ0v) is 11.3. The third-order valence-corrected chi connectivity index (χ3v) is 3.52. The van der Waals surface area contributed by atoms with Crippen LogP contribution in [-0.4, -0.2) is 66.6 Å². The summed E-state index contributed by atoms with van der Waals surface area (Å²) in [5, 5.41) is 46.4. The van der Waals surface area contributed by atoms with E-state index in [4.69, 9.17) is 4.74 Å². The number of aryl methyl sites for hydroxylation is 1. The van der Waals surface area contributed by atoms with E-state index in [0.29, 0.717) is 0 Å². The maximum Gasteiger partial charge on any atom is 0.184 e. The van der Waals surface area contributed by atoms with Crippen LogP contribution in [-0.2, 0) is 11.2 Å². The van der Waals surface area contributed by atoms with Gasteiger partial charge in [0.1, 0.15) is 24.4 Å². The lowest BCUT2D eigenvalue weighted by Crippen LogP contribution is -2.56. The molecule has 1 saturated heterocycles. The number of hydrogen-bond acceptors (Lipinski definition) is 7. The molecule has 0 aromatic carbocycles. The van der Waals surface area contributed by atoms with Crippen molar-refractivity contribution in [1.82, 2.24) is 15.0 Å². The molecule has 2 rings (SSSR count). The highest BCUT2D eigenvalue weighted by Gasteiger charge is 2.45. The van der Waals surface area contributed by atoms with E-state index in [1.54, 1.807) is 6.20 Å². The first-order valence-corrected chi connectivity index (χ1v) is 6.79. The Bertz CT molecular complexity index is 425. The molecule has 0 amide bonds. The van der Waals surface area contributed by atoms with Gasteiger partial charge in [-0.1, -0.05) is 18.6 Å². The highest BCUT2D eigenvalue weighted by atomic mass is 16.6. The maximum atomic E-state index is 10.1. The molecule has 8 nitrogen and oxygen atoms in total. The second-order valence-electron chi connectivity index (χ2n) is 5.01. The van der Waals surface area contributed by atoms with E-state index >= 15 is 0 Å². The van der Waals surface area contributed by atoms with Gasteiger partial charge in [-0.15, -0.1) is 5.10 Å². The van der Waals surface area contributed by atoms with Crippen LogP contribution in [0.25, 0.3) is 0 Å². The Balaban J connectivity index is 2.17. The smallest absolute Gasteiger partial charge is 0.184 e. The summed E-state index contributed by atoms with van der Waals surface area (Å²) in [7, 11) is 0. The van der Waals surface area contributed by atoms with Crippen molar-refractivity contribution in [1.29, 1.82) is 0 Å². The molecule has 4 N–H and O–H groups in total. The van der Waals surface area contributed by atoms with E-state index in [9.17, 15) is 20.4 Å². The topological polar surface area (TPSA) is 121 Å². The van der Waals surface area contributed by atoms with Gasteiger partial charge < -0.3 is 25.2 Å². The van der Waals surface area contributed by atoms with Gasteiger partial charge in [0.05, 0.1) is 12.3 Å². The molecule has 0 unspecified atom stereocenters. The third-order valence-electron chi connectivity index (χ3n) is 3.52. The summed E-state index contributed by atoms with van der Waals surface area (Å²) < 4.78 is 6.46. The highest BCUT2D eigenvalue weighted by molar-refractivity contribution is 4.98. The molecule has 1 fully saturated rings. The first kappa shape index (κ1) is 15.3. The van der Waals surface area contributed by atoms with Gasteiger partial charge in [0, 0.05) is 6.20 Å². The number of aliphatic hydroxyl groups is 4. The van der Waals surface area contributed by atoms with Crippen LogP contribution in [0.5, 0.6) is 0 Å². The van der Waals surface area contributed by atoms with Crippen LogP contribution in [0.15, 0.2) is 6.20 Å². The lowest BCUT2D eigenvalue weighted by molar-refractivity contribution is -0.270. The average Bonchev–Trinajstić information content (AvgIpc) is 2.90. The standard InChI is InChI=1S/C12H21N3O5/c1-2-3-4-7-5-15(14-13-7)9-8(6-16)20-12(19)11(18)10(9)17/h5,8-12,16-19H,2-4,6H2,1H3/t8-,9-,10+,11-,12+/m1/s1. The molecule has 2 heterocycles. The van der Waals surface area contributed by atoms with Crippen LogP contribution in [0.2, 0.25) is 0 Å². The quantitative estimate of drug-likeness (QED) is 0.525. The summed E-state index contributed by atoms with van der Waals surface area (Å²) in [6.07, 6.45) is -0.678. The largest absolute Gasteiger partial charge is 0.394 e. The predicted octanol–water partition coefficient (Wildman–Crippen LogP) is -1.41. The molecule has 20 heavy (non-hydrogen) atoms. The van der Waals surface area contributed by atoms with E-state index in [1.807, 2.05) is 0 Å². The Labute approximate surface area is 116 Å². The van der Waals surface area contributed by atoms with Crippen LogP contribution in [0.1, 0.15) is 31.5 Å². The van der Waals surface area contributed by atoms with Gasteiger partial charge in [-0.2, -0.15) is 0 Å². The van der Waals surface area contributed by atoms with Crippen molar-refractivity contribution in [3.8, 4) is 0 Å². The van der Waals surface area contributed by atoms with Gasteiger partial charge in [0.2, 0.25) is 0 Å². The molecule has 0 aliphatic carbocycles. The van der Waals surface area contributed by atoms with Crippen molar-refractivity contribution in [2.45, 2.75) is 56.8 Å². The number of aromatic nitrogens is 3. The van der Waals surface area contributed by atoms with Gasteiger partial charge in [0.15, 0.2) is 6.29 Å². The van der Waals surface area contributed by atoms with Gasteiger partial charge >= 0.3 is 0 Å². The normalized spacial score (nSPS) is 34.4. The fourth-order valence-electron chi connectivity index (χ4n) is 2.34. The number of nitrogens with zero attached hydrogens (tertiary/aromatic N) is 3. The molecule has 1 aliphatic rings. The Morgan fingerprint density at radius 3 is 2.70 bits per heavy atom. The molecule has 0 bridgehead atoms. The van der Waals surface area contributed by atoms with Crippen LogP contribution in [0.3, 0.4) is 0 Å². The first-order chi connectivity index (χ1) is 9.58. The van der Waals surface area contributed by atoms with E-state index in [-0.39, 0.29) is 0 Å². The van der Waals surface area contributed by atoms with Gasteiger partial charge in [-0.3, -0.25) is 0 Å².